The maximum atomic E-state index is 12.8. The molecular weight excluding hydrogens is 241 g/mol. The van der Waals surface area contributed by atoms with Crippen LogP contribution in [0.15, 0.2) is 54.6 Å². The van der Waals surface area contributed by atoms with Crippen molar-refractivity contribution in [3.63, 3.8) is 0 Å². The van der Waals surface area contributed by atoms with Crippen molar-refractivity contribution < 1.29 is 9.13 Å². The van der Waals surface area contributed by atoms with Gasteiger partial charge in [-0.15, -0.1) is 0 Å². The van der Waals surface area contributed by atoms with Crippen molar-refractivity contribution in [3.05, 3.63) is 71.5 Å². The lowest BCUT2D eigenvalue weighted by Crippen LogP contribution is -2.19. The van der Waals surface area contributed by atoms with Gasteiger partial charge in [-0.1, -0.05) is 42.5 Å². The largest absolute Gasteiger partial charge is 0.368 e. The van der Waals surface area contributed by atoms with Crippen molar-refractivity contribution in [2.75, 3.05) is 13.6 Å². The molecule has 2 nitrogen and oxygen atoms in total. The second-order valence-electron chi connectivity index (χ2n) is 4.39. The van der Waals surface area contributed by atoms with Gasteiger partial charge in [0.2, 0.25) is 0 Å². The van der Waals surface area contributed by atoms with Crippen LogP contribution in [-0.2, 0) is 11.3 Å². The van der Waals surface area contributed by atoms with Crippen molar-refractivity contribution in [1.82, 2.24) is 5.32 Å². The van der Waals surface area contributed by atoms with Gasteiger partial charge in [-0.2, -0.15) is 0 Å². The predicted molar refractivity (Wildman–Crippen MR) is 74.3 cm³/mol. The standard InChI is InChI=1S/C16H18FNO/c1-18-11-16(14-5-3-2-4-6-14)19-12-13-7-9-15(17)10-8-13/h2-10,16,18H,11-12H2,1H3. The predicted octanol–water partition coefficient (Wildman–Crippen LogP) is 3.30. The molecule has 1 atom stereocenters. The van der Waals surface area contributed by atoms with Gasteiger partial charge in [-0.3, -0.25) is 0 Å². The van der Waals surface area contributed by atoms with Crippen LogP contribution in [0, 0.1) is 5.82 Å². The summed E-state index contributed by atoms with van der Waals surface area (Å²) < 4.78 is 18.7. The molecule has 19 heavy (non-hydrogen) atoms. The molecule has 0 bridgehead atoms. The van der Waals surface area contributed by atoms with Gasteiger partial charge in [-0.25, -0.2) is 4.39 Å². The minimum atomic E-state index is -0.224. The molecule has 2 aromatic rings. The molecule has 0 aliphatic heterocycles. The number of hydrogen-bond donors (Lipinski definition) is 1. The van der Waals surface area contributed by atoms with Gasteiger partial charge in [0.1, 0.15) is 5.82 Å². The molecule has 0 radical (unpaired) electrons. The number of halogens is 1. The zero-order valence-electron chi connectivity index (χ0n) is 11.0. The summed E-state index contributed by atoms with van der Waals surface area (Å²) in [5.41, 5.74) is 2.11. The molecule has 3 heteroatoms. The van der Waals surface area contributed by atoms with Gasteiger partial charge in [0.05, 0.1) is 12.7 Å². The Hall–Kier alpha value is -1.71. The van der Waals surface area contributed by atoms with E-state index in [1.165, 1.54) is 12.1 Å². The number of benzene rings is 2. The first-order chi connectivity index (χ1) is 9.29. The van der Waals surface area contributed by atoms with E-state index in [4.69, 9.17) is 4.74 Å². The lowest BCUT2D eigenvalue weighted by atomic mass is 10.1. The van der Waals surface area contributed by atoms with Crippen LogP contribution in [-0.4, -0.2) is 13.6 Å². The van der Waals surface area contributed by atoms with Crippen LogP contribution >= 0.6 is 0 Å². The lowest BCUT2D eigenvalue weighted by molar-refractivity contribution is 0.0410. The highest BCUT2D eigenvalue weighted by Gasteiger charge is 2.10. The Morgan fingerprint density at radius 2 is 1.74 bits per heavy atom. The molecule has 0 heterocycles. The second kappa shape index (κ2) is 7.02. The van der Waals surface area contributed by atoms with Gasteiger partial charge in [-0.05, 0) is 30.3 Å². The van der Waals surface area contributed by atoms with E-state index in [1.807, 2.05) is 37.4 Å². The second-order valence-corrected chi connectivity index (χ2v) is 4.39. The Morgan fingerprint density at radius 3 is 2.37 bits per heavy atom. The summed E-state index contributed by atoms with van der Waals surface area (Å²) in [6, 6.07) is 16.5. The summed E-state index contributed by atoms with van der Waals surface area (Å²) in [7, 11) is 1.90. The smallest absolute Gasteiger partial charge is 0.123 e. The van der Waals surface area contributed by atoms with Crippen LogP contribution in [0.25, 0.3) is 0 Å². The minimum absolute atomic E-state index is 0.00347. The number of nitrogens with one attached hydrogen (secondary N) is 1. The van der Waals surface area contributed by atoms with E-state index in [9.17, 15) is 4.39 Å². The van der Waals surface area contributed by atoms with Crippen LogP contribution in [0.4, 0.5) is 4.39 Å². The topological polar surface area (TPSA) is 21.3 Å². The van der Waals surface area contributed by atoms with E-state index >= 15 is 0 Å². The monoisotopic (exact) mass is 259 g/mol. The molecule has 1 unspecified atom stereocenters. The molecular formula is C16H18FNO. The van der Waals surface area contributed by atoms with E-state index < -0.39 is 0 Å². The van der Waals surface area contributed by atoms with E-state index in [0.29, 0.717) is 6.61 Å². The first kappa shape index (κ1) is 13.7. The van der Waals surface area contributed by atoms with Gasteiger partial charge < -0.3 is 10.1 Å². The minimum Gasteiger partial charge on any atom is -0.368 e. The van der Waals surface area contributed by atoms with Crippen LogP contribution < -0.4 is 5.32 Å². The molecule has 2 aromatic carbocycles. The van der Waals surface area contributed by atoms with Crippen LogP contribution in [0.5, 0.6) is 0 Å². The normalized spacial score (nSPS) is 12.3. The quantitative estimate of drug-likeness (QED) is 0.859. The zero-order valence-corrected chi connectivity index (χ0v) is 11.0. The van der Waals surface area contributed by atoms with Crippen molar-refractivity contribution >= 4 is 0 Å². The van der Waals surface area contributed by atoms with Gasteiger partial charge >= 0.3 is 0 Å². The maximum absolute atomic E-state index is 12.8. The van der Waals surface area contributed by atoms with Crippen molar-refractivity contribution in [1.29, 1.82) is 0 Å². The van der Waals surface area contributed by atoms with Crippen LogP contribution in [0.3, 0.4) is 0 Å². The number of ether oxygens (including phenoxy) is 1. The third-order valence-corrected chi connectivity index (χ3v) is 2.93. The summed E-state index contributed by atoms with van der Waals surface area (Å²) in [5.74, 6) is -0.224. The molecule has 0 aromatic heterocycles. The van der Waals surface area contributed by atoms with E-state index in [0.717, 1.165) is 17.7 Å². The highest BCUT2D eigenvalue weighted by molar-refractivity contribution is 5.19. The fraction of sp³-hybridized carbons (Fsp3) is 0.250. The molecule has 1 N–H and O–H groups in total. The van der Waals surface area contributed by atoms with E-state index in [1.54, 1.807) is 12.1 Å². The lowest BCUT2D eigenvalue weighted by Gasteiger charge is -2.18. The summed E-state index contributed by atoms with van der Waals surface area (Å²) in [6.45, 7) is 1.22. The van der Waals surface area contributed by atoms with Gasteiger partial charge in [0, 0.05) is 6.54 Å². The zero-order chi connectivity index (χ0) is 13.5. The molecule has 0 fully saturated rings. The summed E-state index contributed by atoms with van der Waals surface area (Å²) in [6.07, 6.45) is -0.00347. The fourth-order valence-electron chi connectivity index (χ4n) is 1.90. The molecule has 0 aliphatic rings. The molecule has 0 spiro atoms. The van der Waals surface area contributed by atoms with Crippen molar-refractivity contribution in [3.8, 4) is 0 Å². The third-order valence-electron chi connectivity index (χ3n) is 2.93. The molecule has 2 rings (SSSR count). The Kier molecular flexibility index (Phi) is 5.07. The molecule has 0 amide bonds. The van der Waals surface area contributed by atoms with Crippen LogP contribution in [0.2, 0.25) is 0 Å². The number of rotatable bonds is 6. The third kappa shape index (κ3) is 4.16. The first-order valence-electron chi connectivity index (χ1n) is 6.35. The maximum Gasteiger partial charge on any atom is 0.123 e. The Labute approximate surface area is 113 Å². The van der Waals surface area contributed by atoms with Gasteiger partial charge in [0.15, 0.2) is 0 Å². The fourth-order valence-corrected chi connectivity index (χ4v) is 1.90. The van der Waals surface area contributed by atoms with Gasteiger partial charge in [0.25, 0.3) is 0 Å². The summed E-state index contributed by atoms with van der Waals surface area (Å²) >= 11 is 0. The Balaban J connectivity index is 1.99. The van der Waals surface area contributed by atoms with Crippen LogP contribution in [0.1, 0.15) is 17.2 Å². The average molecular weight is 259 g/mol. The molecule has 0 saturated heterocycles. The molecule has 0 saturated carbocycles. The average Bonchev–Trinajstić information content (AvgIpc) is 2.46. The number of likely N-dealkylation sites (N-methyl/N-ethyl adjacent to an activating group) is 1. The Bertz CT molecular complexity index is 484. The van der Waals surface area contributed by atoms with Crippen molar-refractivity contribution in [2.45, 2.75) is 12.7 Å². The molecule has 0 aliphatic carbocycles. The van der Waals surface area contributed by atoms with Crippen molar-refractivity contribution in [2.24, 2.45) is 0 Å². The highest BCUT2D eigenvalue weighted by atomic mass is 19.1. The Morgan fingerprint density at radius 1 is 1.05 bits per heavy atom. The number of hydrogen-bond acceptors (Lipinski definition) is 2. The summed E-state index contributed by atoms with van der Waals surface area (Å²) in [5, 5.41) is 3.13. The first-order valence-corrected chi connectivity index (χ1v) is 6.35. The van der Waals surface area contributed by atoms with E-state index in [-0.39, 0.29) is 11.9 Å². The SMILES string of the molecule is CNCC(OCc1ccc(F)cc1)c1ccccc1. The molecule has 100 valence electrons. The van der Waals surface area contributed by atoms with E-state index in [2.05, 4.69) is 5.32 Å². The highest BCUT2D eigenvalue weighted by Crippen LogP contribution is 2.18. The summed E-state index contributed by atoms with van der Waals surface area (Å²) in [4.78, 5) is 0.